The lowest BCUT2D eigenvalue weighted by Gasteiger charge is -2.31. The van der Waals surface area contributed by atoms with Gasteiger partial charge in [0.1, 0.15) is 6.10 Å². The van der Waals surface area contributed by atoms with Crippen LogP contribution in [-0.4, -0.2) is 39.8 Å². The van der Waals surface area contributed by atoms with Crippen LogP contribution >= 0.6 is 27.3 Å². The van der Waals surface area contributed by atoms with Crippen LogP contribution in [0.1, 0.15) is 37.0 Å². The predicted molar refractivity (Wildman–Crippen MR) is 96.3 cm³/mol. The van der Waals surface area contributed by atoms with Crippen LogP contribution in [0.5, 0.6) is 0 Å². The third-order valence-electron chi connectivity index (χ3n) is 4.48. The van der Waals surface area contributed by atoms with Gasteiger partial charge < -0.3 is 14.8 Å². The van der Waals surface area contributed by atoms with Crippen molar-refractivity contribution in [2.24, 2.45) is 0 Å². The highest BCUT2D eigenvalue weighted by molar-refractivity contribution is 9.10. The zero-order valence-electron chi connectivity index (χ0n) is 13.4. The molecule has 0 radical (unpaired) electrons. The van der Waals surface area contributed by atoms with Crippen molar-refractivity contribution >= 4 is 32.4 Å². The monoisotopic (exact) mass is 412 g/mol. The number of thiazole rings is 1. The summed E-state index contributed by atoms with van der Waals surface area (Å²) in [6.07, 6.45) is 11.5. The first kappa shape index (κ1) is 16.5. The van der Waals surface area contributed by atoms with Crippen LogP contribution in [0.4, 0.5) is 5.13 Å². The Kier molecular flexibility index (Phi) is 4.89. The van der Waals surface area contributed by atoms with E-state index in [4.69, 9.17) is 9.47 Å². The van der Waals surface area contributed by atoms with Crippen LogP contribution in [0.25, 0.3) is 0 Å². The van der Waals surface area contributed by atoms with Gasteiger partial charge in [0.05, 0.1) is 23.8 Å². The molecule has 1 N–H and O–H groups in total. The molecule has 2 aromatic heterocycles. The normalized spacial score (nSPS) is 23.0. The summed E-state index contributed by atoms with van der Waals surface area (Å²) in [6, 6.07) is 0. The molecule has 4 rings (SSSR count). The predicted octanol–water partition coefficient (Wildman–Crippen LogP) is 3.64. The number of hydrogen-bond acceptors (Lipinski definition) is 6. The third-order valence-corrected chi connectivity index (χ3v) is 5.83. The Balaban J connectivity index is 1.27. The van der Waals surface area contributed by atoms with Crippen molar-refractivity contribution in [3.05, 3.63) is 27.9 Å². The average Bonchev–Trinajstić information content (AvgIpc) is 3.29. The van der Waals surface area contributed by atoms with Crippen LogP contribution in [-0.2, 0) is 16.0 Å². The van der Waals surface area contributed by atoms with Crippen molar-refractivity contribution in [3.8, 4) is 0 Å². The van der Waals surface area contributed by atoms with Crippen LogP contribution < -0.4 is 5.32 Å². The number of ether oxygens (including phenoxy) is 2. The summed E-state index contributed by atoms with van der Waals surface area (Å²) in [5.74, 6) is -0.299. The Morgan fingerprint density at radius 1 is 1.33 bits per heavy atom. The lowest BCUT2D eigenvalue weighted by atomic mass is 9.94. The smallest absolute Gasteiger partial charge is 0.183 e. The minimum atomic E-state index is -0.299. The van der Waals surface area contributed by atoms with E-state index in [1.807, 2.05) is 17.1 Å². The molecule has 6 nitrogen and oxygen atoms in total. The van der Waals surface area contributed by atoms with E-state index in [9.17, 15) is 0 Å². The summed E-state index contributed by atoms with van der Waals surface area (Å²) >= 11 is 5.06. The highest BCUT2D eigenvalue weighted by Gasteiger charge is 2.42. The standard InChI is InChI=1S/C16H21BrN4O2S/c17-12-6-20-21(9-12)10-14-8-19-15(24-14)18-7-13-11-22-16(23-13)4-2-1-3-5-16/h6,8-9,13H,1-5,7,10-11H2,(H,18,19). The van der Waals surface area contributed by atoms with E-state index in [1.54, 1.807) is 17.5 Å². The number of anilines is 1. The van der Waals surface area contributed by atoms with Gasteiger partial charge in [-0.25, -0.2) is 4.98 Å². The maximum absolute atomic E-state index is 6.19. The summed E-state index contributed by atoms with van der Waals surface area (Å²) in [4.78, 5) is 5.61. The number of rotatable bonds is 5. The summed E-state index contributed by atoms with van der Waals surface area (Å²) < 4.78 is 15.0. The van der Waals surface area contributed by atoms with Gasteiger partial charge in [-0.2, -0.15) is 5.10 Å². The van der Waals surface area contributed by atoms with Crippen molar-refractivity contribution in [2.45, 2.75) is 50.5 Å². The van der Waals surface area contributed by atoms with E-state index in [1.165, 1.54) is 24.1 Å². The minimum absolute atomic E-state index is 0.109. The largest absolute Gasteiger partial charge is 0.359 e. The molecule has 0 bridgehead atoms. The molecular weight excluding hydrogens is 392 g/mol. The van der Waals surface area contributed by atoms with E-state index in [-0.39, 0.29) is 11.9 Å². The summed E-state index contributed by atoms with van der Waals surface area (Å²) in [6.45, 7) is 2.14. The molecule has 3 heterocycles. The first-order valence-electron chi connectivity index (χ1n) is 8.39. The average molecular weight is 413 g/mol. The van der Waals surface area contributed by atoms with Crippen molar-refractivity contribution in [2.75, 3.05) is 18.5 Å². The number of aromatic nitrogens is 3. The molecular formula is C16H21BrN4O2S. The zero-order chi connectivity index (χ0) is 16.4. The first-order valence-corrected chi connectivity index (χ1v) is 10.0. The van der Waals surface area contributed by atoms with Gasteiger partial charge in [0.2, 0.25) is 0 Å². The molecule has 1 aliphatic carbocycles. The number of halogens is 1. The molecule has 1 spiro atoms. The fourth-order valence-corrected chi connectivity index (χ4v) is 4.46. The van der Waals surface area contributed by atoms with Crippen LogP contribution in [0.15, 0.2) is 23.1 Å². The Morgan fingerprint density at radius 2 is 2.21 bits per heavy atom. The number of hydrogen-bond donors (Lipinski definition) is 1. The second-order valence-corrected chi connectivity index (χ2v) is 8.42. The maximum Gasteiger partial charge on any atom is 0.183 e. The highest BCUT2D eigenvalue weighted by atomic mass is 79.9. The molecule has 1 unspecified atom stereocenters. The second-order valence-electron chi connectivity index (χ2n) is 6.39. The van der Waals surface area contributed by atoms with E-state index < -0.39 is 0 Å². The van der Waals surface area contributed by atoms with Crippen molar-refractivity contribution < 1.29 is 9.47 Å². The molecule has 1 aliphatic heterocycles. The van der Waals surface area contributed by atoms with Gasteiger partial charge in [0, 0.05) is 36.7 Å². The Morgan fingerprint density at radius 3 is 3.00 bits per heavy atom. The van der Waals surface area contributed by atoms with Gasteiger partial charge in [-0.05, 0) is 28.8 Å². The Labute approximate surface area is 153 Å². The van der Waals surface area contributed by atoms with E-state index in [0.29, 0.717) is 6.61 Å². The first-order chi connectivity index (χ1) is 11.7. The van der Waals surface area contributed by atoms with Gasteiger partial charge in [0.25, 0.3) is 0 Å². The number of nitrogens with zero attached hydrogens (tertiary/aromatic N) is 3. The minimum Gasteiger partial charge on any atom is -0.359 e. The van der Waals surface area contributed by atoms with Crippen molar-refractivity contribution in [1.29, 1.82) is 0 Å². The Bertz CT molecular complexity index is 683. The highest BCUT2D eigenvalue weighted by Crippen LogP contribution is 2.37. The maximum atomic E-state index is 6.19. The van der Waals surface area contributed by atoms with Crippen LogP contribution in [0, 0.1) is 0 Å². The van der Waals surface area contributed by atoms with E-state index >= 15 is 0 Å². The van der Waals surface area contributed by atoms with Gasteiger partial charge in [0.15, 0.2) is 10.9 Å². The topological polar surface area (TPSA) is 61.2 Å². The fraction of sp³-hybridized carbons (Fsp3) is 0.625. The Hall–Kier alpha value is -0.960. The van der Waals surface area contributed by atoms with Crippen LogP contribution in [0.3, 0.4) is 0 Å². The lowest BCUT2D eigenvalue weighted by molar-refractivity contribution is -0.185. The molecule has 1 saturated heterocycles. The third kappa shape index (κ3) is 3.82. The molecule has 2 fully saturated rings. The molecule has 1 atom stereocenters. The summed E-state index contributed by atoms with van der Waals surface area (Å²) in [5.41, 5.74) is 0. The molecule has 2 aliphatic rings. The second kappa shape index (κ2) is 7.11. The lowest BCUT2D eigenvalue weighted by Crippen LogP contribution is -2.34. The molecule has 24 heavy (non-hydrogen) atoms. The number of nitrogens with one attached hydrogen (secondary N) is 1. The van der Waals surface area contributed by atoms with Gasteiger partial charge in [-0.3, -0.25) is 4.68 Å². The molecule has 2 aromatic rings. The van der Waals surface area contributed by atoms with E-state index in [2.05, 4.69) is 31.3 Å². The van der Waals surface area contributed by atoms with Crippen molar-refractivity contribution in [1.82, 2.24) is 14.8 Å². The molecule has 130 valence electrons. The van der Waals surface area contributed by atoms with Gasteiger partial charge >= 0.3 is 0 Å². The molecule has 0 amide bonds. The van der Waals surface area contributed by atoms with Gasteiger partial charge in [-0.1, -0.05) is 6.42 Å². The van der Waals surface area contributed by atoms with E-state index in [0.717, 1.165) is 35.5 Å². The van der Waals surface area contributed by atoms with Crippen molar-refractivity contribution in [3.63, 3.8) is 0 Å². The summed E-state index contributed by atoms with van der Waals surface area (Å²) in [5, 5.41) is 8.57. The zero-order valence-corrected chi connectivity index (χ0v) is 15.8. The fourth-order valence-electron chi connectivity index (χ4n) is 3.32. The molecule has 0 aromatic carbocycles. The molecule has 1 saturated carbocycles. The van der Waals surface area contributed by atoms with Gasteiger partial charge in [-0.15, -0.1) is 11.3 Å². The van der Waals surface area contributed by atoms with Crippen LogP contribution in [0.2, 0.25) is 0 Å². The SMILES string of the molecule is Brc1cnn(Cc2cnc(NCC3COC4(CCCCC4)O3)s2)c1. The molecule has 8 heteroatoms. The summed E-state index contributed by atoms with van der Waals surface area (Å²) in [7, 11) is 0. The quantitative estimate of drug-likeness (QED) is 0.811.